The Morgan fingerprint density at radius 3 is 2.76 bits per heavy atom. The van der Waals surface area contributed by atoms with E-state index in [1.165, 1.54) is 12.8 Å². The minimum Gasteiger partial charge on any atom is -0.370 e. The summed E-state index contributed by atoms with van der Waals surface area (Å²) >= 11 is 0. The van der Waals surface area contributed by atoms with Crippen molar-refractivity contribution in [1.82, 2.24) is 15.3 Å². The SMILES string of the molecule is CNC1CN(c2nc(N)nc3c2COC2(CCCC2)C3)C1. The van der Waals surface area contributed by atoms with Crippen LogP contribution in [0.4, 0.5) is 11.8 Å². The summed E-state index contributed by atoms with van der Waals surface area (Å²) < 4.78 is 6.24. The topological polar surface area (TPSA) is 76.3 Å². The van der Waals surface area contributed by atoms with Crippen molar-refractivity contribution in [2.75, 3.05) is 30.8 Å². The van der Waals surface area contributed by atoms with Crippen molar-refractivity contribution >= 4 is 11.8 Å². The second-order valence-corrected chi connectivity index (χ2v) is 6.58. The van der Waals surface area contributed by atoms with Crippen molar-refractivity contribution in [2.24, 2.45) is 0 Å². The largest absolute Gasteiger partial charge is 0.370 e. The third-order valence-corrected chi connectivity index (χ3v) is 5.20. The lowest BCUT2D eigenvalue weighted by Crippen LogP contribution is -2.58. The first kappa shape index (κ1) is 13.3. The van der Waals surface area contributed by atoms with Crippen LogP contribution in [0.25, 0.3) is 0 Å². The molecule has 0 aromatic carbocycles. The third kappa shape index (κ3) is 2.17. The molecule has 1 aliphatic carbocycles. The molecule has 1 saturated carbocycles. The van der Waals surface area contributed by atoms with Crippen LogP contribution in [-0.4, -0.2) is 41.7 Å². The van der Waals surface area contributed by atoms with E-state index in [2.05, 4.69) is 20.2 Å². The molecule has 0 radical (unpaired) electrons. The van der Waals surface area contributed by atoms with E-state index in [1.54, 1.807) is 0 Å². The summed E-state index contributed by atoms with van der Waals surface area (Å²) in [5.74, 6) is 1.38. The lowest BCUT2D eigenvalue weighted by Gasteiger charge is -2.42. The highest BCUT2D eigenvalue weighted by Gasteiger charge is 2.41. The van der Waals surface area contributed by atoms with Crippen LogP contribution in [0.15, 0.2) is 0 Å². The second-order valence-electron chi connectivity index (χ2n) is 6.58. The Bertz CT molecular complexity index is 549. The number of aromatic nitrogens is 2. The summed E-state index contributed by atoms with van der Waals surface area (Å²) in [6.07, 6.45) is 5.72. The first-order valence-corrected chi connectivity index (χ1v) is 7.90. The van der Waals surface area contributed by atoms with Crippen LogP contribution in [0.3, 0.4) is 0 Å². The number of nitrogens with one attached hydrogen (secondary N) is 1. The molecule has 0 unspecified atom stereocenters. The minimum atomic E-state index is 0.0213. The second kappa shape index (κ2) is 4.81. The van der Waals surface area contributed by atoms with E-state index >= 15 is 0 Å². The molecule has 1 spiro atoms. The van der Waals surface area contributed by atoms with Gasteiger partial charge in [-0.15, -0.1) is 0 Å². The number of anilines is 2. The summed E-state index contributed by atoms with van der Waals surface area (Å²) in [6, 6.07) is 0.544. The fourth-order valence-electron chi connectivity index (χ4n) is 3.85. The number of likely N-dealkylation sites (N-methyl/N-ethyl adjacent to an activating group) is 1. The number of hydrogen-bond acceptors (Lipinski definition) is 6. The summed E-state index contributed by atoms with van der Waals surface area (Å²) in [6.45, 7) is 2.58. The van der Waals surface area contributed by atoms with Gasteiger partial charge in [-0.05, 0) is 19.9 Å². The zero-order valence-electron chi connectivity index (χ0n) is 12.6. The van der Waals surface area contributed by atoms with E-state index in [4.69, 9.17) is 10.5 Å². The molecule has 3 N–H and O–H groups in total. The Morgan fingerprint density at radius 1 is 1.29 bits per heavy atom. The fourth-order valence-corrected chi connectivity index (χ4v) is 3.85. The monoisotopic (exact) mass is 289 g/mol. The van der Waals surface area contributed by atoms with Crippen LogP contribution in [0, 0.1) is 0 Å². The van der Waals surface area contributed by atoms with Gasteiger partial charge in [0.1, 0.15) is 5.82 Å². The molecule has 2 aliphatic heterocycles. The molecule has 1 aromatic heterocycles. The first-order valence-electron chi connectivity index (χ1n) is 7.90. The molecular formula is C15H23N5O. The standard InChI is InChI=1S/C15H23N5O/c1-17-10-7-20(8-10)13-11-9-21-15(4-2-3-5-15)6-12(11)18-14(16)19-13/h10,17H,2-9H2,1H3,(H2,16,18,19). The molecule has 21 heavy (non-hydrogen) atoms. The number of ether oxygens (including phenoxy) is 1. The molecule has 0 bridgehead atoms. The van der Waals surface area contributed by atoms with Gasteiger partial charge in [-0.25, -0.2) is 4.98 Å². The molecule has 6 nitrogen and oxygen atoms in total. The summed E-state index contributed by atoms with van der Waals surface area (Å²) in [5.41, 5.74) is 8.23. The van der Waals surface area contributed by atoms with Crippen LogP contribution in [0.5, 0.6) is 0 Å². The smallest absolute Gasteiger partial charge is 0.222 e. The third-order valence-electron chi connectivity index (χ3n) is 5.20. The zero-order valence-corrected chi connectivity index (χ0v) is 12.6. The number of nitrogens with zero attached hydrogens (tertiary/aromatic N) is 3. The molecule has 1 aromatic rings. The van der Waals surface area contributed by atoms with Crippen molar-refractivity contribution in [2.45, 2.75) is 50.4 Å². The van der Waals surface area contributed by atoms with Crippen molar-refractivity contribution < 1.29 is 4.74 Å². The van der Waals surface area contributed by atoms with Crippen molar-refractivity contribution in [3.8, 4) is 0 Å². The van der Waals surface area contributed by atoms with E-state index in [9.17, 15) is 0 Å². The minimum absolute atomic E-state index is 0.0213. The number of nitrogens with two attached hydrogens (primary N) is 1. The zero-order chi connectivity index (χ0) is 14.4. The van der Waals surface area contributed by atoms with Gasteiger partial charge in [0, 0.05) is 31.1 Å². The summed E-state index contributed by atoms with van der Waals surface area (Å²) in [4.78, 5) is 11.3. The number of hydrogen-bond donors (Lipinski definition) is 2. The molecule has 1 saturated heterocycles. The number of nitrogen functional groups attached to an aromatic ring is 1. The lowest BCUT2D eigenvalue weighted by molar-refractivity contribution is -0.0634. The number of fused-ring (bicyclic) bond motifs is 1. The molecule has 114 valence electrons. The molecule has 4 rings (SSSR count). The normalized spacial score (nSPS) is 24.1. The van der Waals surface area contributed by atoms with Crippen molar-refractivity contribution in [3.63, 3.8) is 0 Å². The highest BCUT2D eigenvalue weighted by molar-refractivity contribution is 5.55. The van der Waals surface area contributed by atoms with Gasteiger partial charge in [0.2, 0.25) is 5.95 Å². The Labute approximate surface area is 125 Å². The van der Waals surface area contributed by atoms with E-state index in [1.807, 2.05) is 7.05 Å². The summed E-state index contributed by atoms with van der Waals surface area (Å²) in [7, 11) is 2.00. The predicted molar refractivity (Wildman–Crippen MR) is 81.2 cm³/mol. The lowest BCUT2D eigenvalue weighted by atomic mass is 9.90. The maximum absolute atomic E-state index is 6.24. The quantitative estimate of drug-likeness (QED) is 0.841. The van der Waals surface area contributed by atoms with E-state index in [0.717, 1.165) is 49.4 Å². The molecule has 3 heterocycles. The van der Waals surface area contributed by atoms with Crippen LogP contribution < -0.4 is 16.0 Å². The van der Waals surface area contributed by atoms with Gasteiger partial charge in [0.15, 0.2) is 0 Å². The maximum Gasteiger partial charge on any atom is 0.222 e. The van der Waals surface area contributed by atoms with Gasteiger partial charge in [0.05, 0.1) is 17.9 Å². The predicted octanol–water partition coefficient (Wildman–Crippen LogP) is 0.852. The molecule has 2 fully saturated rings. The van der Waals surface area contributed by atoms with E-state index in [0.29, 0.717) is 18.6 Å². The molecule has 3 aliphatic rings. The van der Waals surface area contributed by atoms with Gasteiger partial charge in [0.25, 0.3) is 0 Å². The van der Waals surface area contributed by atoms with Gasteiger partial charge >= 0.3 is 0 Å². The van der Waals surface area contributed by atoms with Gasteiger partial charge in [-0.1, -0.05) is 12.8 Å². The average Bonchev–Trinajstić information content (AvgIpc) is 2.85. The van der Waals surface area contributed by atoms with Crippen LogP contribution in [-0.2, 0) is 17.8 Å². The first-order chi connectivity index (χ1) is 10.2. The van der Waals surface area contributed by atoms with Gasteiger partial charge in [-0.2, -0.15) is 4.98 Å². The Kier molecular flexibility index (Phi) is 3.04. The molecule has 6 heteroatoms. The van der Waals surface area contributed by atoms with Crippen molar-refractivity contribution in [1.29, 1.82) is 0 Å². The Morgan fingerprint density at radius 2 is 2.05 bits per heavy atom. The van der Waals surface area contributed by atoms with Crippen LogP contribution in [0.1, 0.15) is 36.9 Å². The fraction of sp³-hybridized carbons (Fsp3) is 0.733. The number of rotatable bonds is 2. The van der Waals surface area contributed by atoms with Crippen molar-refractivity contribution in [3.05, 3.63) is 11.3 Å². The maximum atomic E-state index is 6.24. The van der Waals surface area contributed by atoms with Gasteiger partial charge in [-0.3, -0.25) is 0 Å². The van der Waals surface area contributed by atoms with E-state index in [-0.39, 0.29) is 5.60 Å². The Balaban J connectivity index is 1.64. The van der Waals surface area contributed by atoms with E-state index < -0.39 is 0 Å². The molecule has 0 atom stereocenters. The van der Waals surface area contributed by atoms with Crippen LogP contribution >= 0.6 is 0 Å². The van der Waals surface area contributed by atoms with Gasteiger partial charge < -0.3 is 20.7 Å². The summed E-state index contributed by atoms with van der Waals surface area (Å²) in [5, 5.41) is 3.29. The average molecular weight is 289 g/mol. The molecule has 0 amide bonds. The Hall–Kier alpha value is -1.40. The van der Waals surface area contributed by atoms with Crippen LogP contribution in [0.2, 0.25) is 0 Å². The highest BCUT2D eigenvalue weighted by atomic mass is 16.5. The highest BCUT2D eigenvalue weighted by Crippen LogP contribution is 2.42. The molecular weight excluding hydrogens is 266 g/mol.